The molecule has 27 heavy (non-hydrogen) atoms. The lowest BCUT2D eigenvalue weighted by atomic mass is 10.1. The van der Waals surface area contributed by atoms with Crippen LogP contribution in [0.2, 0.25) is 0 Å². The molecule has 0 amide bonds. The van der Waals surface area contributed by atoms with Crippen molar-refractivity contribution in [1.82, 2.24) is 4.31 Å². The first-order valence-electron chi connectivity index (χ1n) is 9.38. The normalized spacial score (nSPS) is 15.8. The van der Waals surface area contributed by atoms with E-state index in [0.717, 1.165) is 11.3 Å². The summed E-state index contributed by atoms with van der Waals surface area (Å²) in [6, 6.07) is 11.7. The van der Waals surface area contributed by atoms with Gasteiger partial charge in [0.05, 0.1) is 6.61 Å². The van der Waals surface area contributed by atoms with Crippen molar-refractivity contribution in [1.29, 1.82) is 0 Å². The summed E-state index contributed by atoms with van der Waals surface area (Å²) in [5.41, 5.74) is 4.58. The average molecular weight is 389 g/mol. The minimum absolute atomic E-state index is 0.268. The third kappa shape index (κ3) is 4.12. The Hall–Kier alpha value is -2.05. The van der Waals surface area contributed by atoms with Gasteiger partial charge in [-0.2, -0.15) is 4.31 Å². The van der Waals surface area contributed by atoms with Crippen molar-refractivity contribution in [3.8, 4) is 5.75 Å². The van der Waals surface area contributed by atoms with Crippen molar-refractivity contribution >= 4 is 15.7 Å². The van der Waals surface area contributed by atoms with E-state index in [1.807, 2.05) is 19.9 Å². The van der Waals surface area contributed by atoms with Crippen molar-refractivity contribution in [2.75, 3.05) is 37.7 Å². The third-order valence-electron chi connectivity index (χ3n) is 5.11. The van der Waals surface area contributed by atoms with Crippen LogP contribution in [0.1, 0.15) is 23.6 Å². The quantitative estimate of drug-likeness (QED) is 0.786. The number of rotatable bonds is 5. The van der Waals surface area contributed by atoms with E-state index in [2.05, 4.69) is 36.9 Å². The molecule has 146 valence electrons. The van der Waals surface area contributed by atoms with Crippen LogP contribution < -0.4 is 9.64 Å². The van der Waals surface area contributed by atoms with Crippen molar-refractivity contribution in [2.24, 2.45) is 0 Å². The molecule has 0 unspecified atom stereocenters. The van der Waals surface area contributed by atoms with Crippen LogP contribution in [-0.4, -0.2) is 45.5 Å². The highest BCUT2D eigenvalue weighted by molar-refractivity contribution is 7.89. The Morgan fingerprint density at radius 2 is 1.63 bits per heavy atom. The summed E-state index contributed by atoms with van der Waals surface area (Å²) in [5, 5.41) is 0. The van der Waals surface area contributed by atoms with Gasteiger partial charge in [0.25, 0.3) is 0 Å². The topological polar surface area (TPSA) is 49.9 Å². The van der Waals surface area contributed by atoms with Crippen LogP contribution in [0.4, 0.5) is 5.69 Å². The van der Waals surface area contributed by atoms with Crippen LogP contribution in [0.15, 0.2) is 41.3 Å². The van der Waals surface area contributed by atoms with Crippen LogP contribution in [0.25, 0.3) is 0 Å². The number of benzene rings is 2. The van der Waals surface area contributed by atoms with E-state index in [1.54, 1.807) is 16.4 Å². The Labute approximate surface area is 162 Å². The van der Waals surface area contributed by atoms with Gasteiger partial charge < -0.3 is 9.64 Å². The smallest absolute Gasteiger partial charge is 0.246 e. The predicted molar refractivity (Wildman–Crippen MR) is 109 cm³/mol. The molecule has 0 saturated carbocycles. The van der Waals surface area contributed by atoms with Gasteiger partial charge in [0.2, 0.25) is 10.0 Å². The van der Waals surface area contributed by atoms with Crippen molar-refractivity contribution < 1.29 is 13.2 Å². The van der Waals surface area contributed by atoms with Gasteiger partial charge in [0, 0.05) is 31.9 Å². The summed E-state index contributed by atoms with van der Waals surface area (Å²) in [6.07, 6.45) is 0. The summed E-state index contributed by atoms with van der Waals surface area (Å²) in [4.78, 5) is 2.52. The van der Waals surface area contributed by atoms with Crippen molar-refractivity contribution in [3.63, 3.8) is 0 Å². The van der Waals surface area contributed by atoms with Crippen LogP contribution in [0, 0.1) is 20.8 Å². The van der Waals surface area contributed by atoms with Crippen LogP contribution in [0.5, 0.6) is 5.75 Å². The van der Waals surface area contributed by atoms with E-state index in [-0.39, 0.29) is 4.90 Å². The molecule has 0 spiro atoms. The molecule has 2 aromatic rings. The summed E-state index contributed by atoms with van der Waals surface area (Å²) in [6.45, 7) is 10.7. The number of anilines is 1. The number of sulfonamides is 1. The van der Waals surface area contributed by atoms with Gasteiger partial charge in [-0.25, -0.2) is 8.42 Å². The van der Waals surface area contributed by atoms with Gasteiger partial charge in [-0.15, -0.1) is 0 Å². The zero-order valence-corrected chi connectivity index (χ0v) is 17.3. The number of nitrogens with zero attached hydrogens (tertiary/aromatic N) is 2. The Morgan fingerprint density at radius 1 is 0.926 bits per heavy atom. The molecule has 0 bridgehead atoms. The fourth-order valence-electron chi connectivity index (χ4n) is 3.34. The molecular formula is C21H28N2O3S. The Bertz CT molecular complexity index is 917. The molecule has 0 N–H and O–H groups in total. The predicted octanol–water partition coefficient (Wildman–Crippen LogP) is 3.52. The summed E-state index contributed by atoms with van der Waals surface area (Å²) in [7, 11) is -3.58. The van der Waals surface area contributed by atoms with Gasteiger partial charge in [0.15, 0.2) is 0 Å². The van der Waals surface area contributed by atoms with Gasteiger partial charge in [0.1, 0.15) is 10.6 Å². The lowest BCUT2D eigenvalue weighted by Gasteiger charge is -2.35. The molecule has 0 atom stereocenters. The molecule has 1 aliphatic rings. The van der Waals surface area contributed by atoms with E-state index in [0.29, 0.717) is 38.5 Å². The number of aryl methyl sites for hydroxylation is 3. The van der Waals surface area contributed by atoms with E-state index in [4.69, 9.17) is 4.74 Å². The molecule has 5 nitrogen and oxygen atoms in total. The molecular weight excluding hydrogens is 360 g/mol. The van der Waals surface area contributed by atoms with Gasteiger partial charge in [-0.1, -0.05) is 12.1 Å². The molecule has 1 saturated heterocycles. The number of piperazine rings is 1. The highest BCUT2D eigenvalue weighted by Gasteiger charge is 2.31. The summed E-state index contributed by atoms with van der Waals surface area (Å²) < 4.78 is 33.5. The minimum atomic E-state index is -3.58. The van der Waals surface area contributed by atoms with Gasteiger partial charge >= 0.3 is 0 Å². The van der Waals surface area contributed by atoms with Crippen molar-refractivity contribution in [3.05, 3.63) is 53.1 Å². The molecule has 2 aromatic carbocycles. The van der Waals surface area contributed by atoms with E-state index in [1.165, 1.54) is 11.1 Å². The SMILES string of the molecule is CCOc1ccc(C)cc1S(=O)(=O)N1CCN(c2ccc(C)c(C)c2)CC1. The Balaban J connectivity index is 1.79. The molecule has 1 heterocycles. The first kappa shape index (κ1) is 19.7. The average Bonchev–Trinajstić information content (AvgIpc) is 2.65. The zero-order valence-electron chi connectivity index (χ0n) is 16.5. The maximum Gasteiger partial charge on any atom is 0.246 e. The fourth-order valence-corrected chi connectivity index (χ4v) is 4.98. The second-order valence-corrected chi connectivity index (χ2v) is 8.95. The van der Waals surface area contributed by atoms with Crippen LogP contribution in [0.3, 0.4) is 0 Å². The number of hydrogen-bond acceptors (Lipinski definition) is 4. The zero-order chi connectivity index (χ0) is 19.6. The number of hydrogen-bond donors (Lipinski definition) is 0. The highest BCUT2D eigenvalue weighted by Crippen LogP contribution is 2.29. The second kappa shape index (κ2) is 7.90. The molecule has 1 aliphatic heterocycles. The molecule has 0 radical (unpaired) electrons. The monoisotopic (exact) mass is 388 g/mol. The lowest BCUT2D eigenvalue weighted by Crippen LogP contribution is -2.48. The minimum Gasteiger partial charge on any atom is -0.492 e. The highest BCUT2D eigenvalue weighted by atomic mass is 32.2. The molecule has 0 aromatic heterocycles. The molecule has 6 heteroatoms. The van der Waals surface area contributed by atoms with E-state index < -0.39 is 10.0 Å². The van der Waals surface area contributed by atoms with Crippen LogP contribution in [-0.2, 0) is 10.0 Å². The first-order chi connectivity index (χ1) is 12.8. The first-order valence-corrected chi connectivity index (χ1v) is 10.8. The van der Waals surface area contributed by atoms with Crippen LogP contribution >= 0.6 is 0 Å². The summed E-state index contributed by atoms with van der Waals surface area (Å²) >= 11 is 0. The van der Waals surface area contributed by atoms with E-state index in [9.17, 15) is 8.42 Å². The Morgan fingerprint density at radius 3 is 2.26 bits per heavy atom. The molecule has 1 fully saturated rings. The third-order valence-corrected chi connectivity index (χ3v) is 7.03. The molecule has 3 rings (SSSR count). The molecule has 0 aliphatic carbocycles. The van der Waals surface area contributed by atoms with Gasteiger partial charge in [-0.3, -0.25) is 0 Å². The summed E-state index contributed by atoms with van der Waals surface area (Å²) in [5.74, 6) is 0.430. The maximum atomic E-state index is 13.2. The van der Waals surface area contributed by atoms with E-state index >= 15 is 0 Å². The van der Waals surface area contributed by atoms with Crippen molar-refractivity contribution in [2.45, 2.75) is 32.6 Å². The lowest BCUT2D eigenvalue weighted by molar-refractivity contribution is 0.327. The second-order valence-electron chi connectivity index (χ2n) is 7.04. The number of ether oxygens (including phenoxy) is 1. The fraction of sp³-hybridized carbons (Fsp3) is 0.429. The van der Waals surface area contributed by atoms with Gasteiger partial charge in [-0.05, 0) is 68.7 Å². The Kier molecular flexibility index (Phi) is 5.77. The maximum absolute atomic E-state index is 13.2. The standard InChI is InChI=1S/C21H28N2O3S/c1-5-26-20-9-6-16(2)14-21(20)27(24,25)23-12-10-22(11-13-23)19-8-7-17(3)18(4)15-19/h6-9,14-15H,5,10-13H2,1-4H3. The largest absolute Gasteiger partial charge is 0.492 e.